The molecule has 0 bridgehead atoms. The molecule has 0 radical (unpaired) electrons. The smallest absolute Gasteiger partial charge is 0.251 e. The number of likely N-dealkylation sites (N-methyl/N-ethyl adjacent to an activating group) is 1. The van der Waals surface area contributed by atoms with Crippen LogP contribution in [0.15, 0.2) is 54.6 Å². The van der Waals surface area contributed by atoms with Gasteiger partial charge in [-0.25, -0.2) is 0 Å². The molecule has 10 nitrogen and oxygen atoms in total. The van der Waals surface area contributed by atoms with Gasteiger partial charge < -0.3 is 25.6 Å². The second-order valence-corrected chi connectivity index (χ2v) is 12.1. The fourth-order valence-electron chi connectivity index (χ4n) is 6.21. The van der Waals surface area contributed by atoms with E-state index in [-0.39, 0.29) is 54.5 Å². The summed E-state index contributed by atoms with van der Waals surface area (Å²) in [6.07, 6.45) is 4.31. The summed E-state index contributed by atoms with van der Waals surface area (Å²) in [5.74, 6) is 0.794. The Morgan fingerprint density at radius 3 is 2.59 bits per heavy atom. The normalized spacial score (nSPS) is 22.3. The van der Waals surface area contributed by atoms with Crippen LogP contribution in [-0.2, 0) is 20.9 Å². The molecule has 0 aromatic heterocycles. The van der Waals surface area contributed by atoms with Gasteiger partial charge in [-0.05, 0) is 80.3 Å². The molecule has 0 aliphatic carbocycles. The van der Waals surface area contributed by atoms with Gasteiger partial charge in [0.15, 0.2) is 0 Å². The molecule has 4 amide bonds. The third-order valence-electron chi connectivity index (χ3n) is 8.69. The Balaban J connectivity index is 1.31. The number of unbranched alkanes of at least 4 members (excludes halogenated alkanes) is 1. The molecular weight excluding hydrogens is 558 g/mol. The number of hydrogen-bond acceptors (Lipinski definition) is 6. The summed E-state index contributed by atoms with van der Waals surface area (Å²) >= 11 is 0. The minimum absolute atomic E-state index is 0.0248. The number of fused-ring (bicyclic) bond motifs is 1. The van der Waals surface area contributed by atoms with Crippen molar-refractivity contribution in [1.82, 2.24) is 25.8 Å². The molecule has 4 rings (SSSR count). The Morgan fingerprint density at radius 1 is 0.977 bits per heavy atom. The quantitative estimate of drug-likeness (QED) is 0.378. The number of likely N-dealkylation sites (tertiary alicyclic amines) is 1. The predicted molar refractivity (Wildman–Crippen MR) is 169 cm³/mol. The minimum atomic E-state index is -0.348. The van der Waals surface area contributed by atoms with Crippen molar-refractivity contribution >= 4 is 23.6 Å². The zero-order valence-corrected chi connectivity index (χ0v) is 26.1. The van der Waals surface area contributed by atoms with Gasteiger partial charge in [-0.15, -0.1) is 0 Å². The molecule has 0 saturated carbocycles. The van der Waals surface area contributed by atoms with Crippen LogP contribution in [0.5, 0.6) is 5.75 Å². The highest BCUT2D eigenvalue weighted by Crippen LogP contribution is 2.31. The number of hydrogen-bond donors (Lipinski definition) is 3. The number of carbonyl (C=O) groups is 4. The number of methoxy groups -OCH3 is 1. The summed E-state index contributed by atoms with van der Waals surface area (Å²) in [6, 6.07) is 16.8. The van der Waals surface area contributed by atoms with Crippen LogP contribution < -0.4 is 20.7 Å². The summed E-state index contributed by atoms with van der Waals surface area (Å²) in [4.78, 5) is 55.2. The van der Waals surface area contributed by atoms with E-state index in [1.807, 2.05) is 30.3 Å². The van der Waals surface area contributed by atoms with Crippen LogP contribution in [0.3, 0.4) is 0 Å². The first-order valence-electron chi connectivity index (χ1n) is 15.8. The zero-order valence-electron chi connectivity index (χ0n) is 26.1. The number of ether oxygens (including phenoxy) is 1. The molecule has 238 valence electrons. The number of carbonyl (C=O) groups excluding carboxylic acids is 4. The molecule has 44 heavy (non-hydrogen) atoms. The van der Waals surface area contributed by atoms with Crippen LogP contribution in [0.1, 0.15) is 60.9 Å². The standard InChI is InChI=1S/C34H47N5O5/c1-38-24-32(41)37-29(12-6-7-16-36-34(43)26-10-4-3-5-11-26)21-31(40)35-17-14-28-23-39(18-15-27(28)20-33(38)42)22-25-9-8-13-30(19-25)44-2/h3-5,8-11,13,19,27-29H,6-7,12,14-18,20-24H2,1-2H3,(H,35,40)(H,36,43)(H,37,41)/t27-,28-,29-/m0/s1. The van der Waals surface area contributed by atoms with Crippen molar-refractivity contribution in [2.45, 2.75) is 57.5 Å². The number of rotatable bonds is 9. The Bertz CT molecular complexity index is 1260. The van der Waals surface area contributed by atoms with Crippen molar-refractivity contribution in [3.05, 3.63) is 65.7 Å². The van der Waals surface area contributed by atoms with E-state index in [0.29, 0.717) is 31.5 Å². The lowest BCUT2D eigenvalue weighted by Gasteiger charge is -2.39. The van der Waals surface area contributed by atoms with Crippen LogP contribution in [0.25, 0.3) is 0 Å². The average molecular weight is 606 g/mol. The molecule has 3 N–H and O–H groups in total. The summed E-state index contributed by atoms with van der Waals surface area (Å²) in [6.45, 7) is 3.54. The van der Waals surface area contributed by atoms with E-state index in [2.05, 4.69) is 33.0 Å². The van der Waals surface area contributed by atoms with Crippen LogP contribution in [0, 0.1) is 11.8 Å². The maximum atomic E-state index is 13.2. The fraction of sp³-hybridized carbons (Fsp3) is 0.529. The molecule has 0 unspecified atom stereocenters. The lowest BCUT2D eigenvalue weighted by molar-refractivity contribution is -0.136. The number of benzene rings is 2. The molecule has 2 fully saturated rings. The first-order chi connectivity index (χ1) is 21.3. The van der Waals surface area contributed by atoms with Gasteiger partial charge in [-0.3, -0.25) is 24.1 Å². The molecule has 3 atom stereocenters. The Hall–Kier alpha value is -3.92. The molecule has 0 spiro atoms. The van der Waals surface area contributed by atoms with Crippen LogP contribution in [0.2, 0.25) is 0 Å². The third-order valence-corrected chi connectivity index (χ3v) is 8.69. The Labute approximate surface area is 260 Å². The summed E-state index contributed by atoms with van der Waals surface area (Å²) in [7, 11) is 3.35. The lowest BCUT2D eigenvalue weighted by Crippen LogP contribution is -2.47. The van der Waals surface area contributed by atoms with Crippen molar-refractivity contribution < 1.29 is 23.9 Å². The SMILES string of the molecule is COc1cccc(CN2CC[C@H]3CC(=O)N(C)CC(=O)N[C@@H](CCCCNC(=O)c4ccccc4)CC(=O)NCC[C@H]3C2)c1. The topological polar surface area (TPSA) is 120 Å². The minimum Gasteiger partial charge on any atom is -0.497 e. The van der Waals surface area contributed by atoms with E-state index in [1.54, 1.807) is 26.3 Å². The van der Waals surface area contributed by atoms with Crippen molar-refractivity contribution in [1.29, 1.82) is 0 Å². The second kappa shape index (κ2) is 16.8. The highest BCUT2D eigenvalue weighted by atomic mass is 16.5. The number of nitrogens with one attached hydrogen (secondary N) is 3. The van der Waals surface area contributed by atoms with Gasteiger partial charge in [0.1, 0.15) is 5.75 Å². The molecule has 2 aromatic carbocycles. The summed E-state index contributed by atoms with van der Waals surface area (Å²) in [5.41, 5.74) is 1.80. The van der Waals surface area contributed by atoms with E-state index in [9.17, 15) is 19.2 Å². The van der Waals surface area contributed by atoms with Gasteiger partial charge in [-0.1, -0.05) is 30.3 Å². The second-order valence-electron chi connectivity index (χ2n) is 12.1. The van der Waals surface area contributed by atoms with Crippen molar-refractivity contribution in [2.24, 2.45) is 11.8 Å². The van der Waals surface area contributed by atoms with Crippen molar-refractivity contribution in [3.8, 4) is 5.75 Å². The first kappa shape index (κ1) is 33.0. The average Bonchev–Trinajstić information content (AvgIpc) is 3.01. The van der Waals surface area contributed by atoms with Crippen LogP contribution in [-0.4, -0.2) is 86.4 Å². The molecule has 2 aliphatic heterocycles. The largest absolute Gasteiger partial charge is 0.497 e. The third kappa shape index (κ3) is 10.4. The summed E-state index contributed by atoms with van der Waals surface area (Å²) < 4.78 is 5.39. The van der Waals surface area contributed by atoms with E-state index < -0.39 is 0 Å². The summed E-state index contributed by atoms with van der Waals surface area (Å²) in [5, 5.41) is 8.96. The predicted octanol–water partition coefficient (Wildman–Crippen LogP) is 2.98. The van der Waals surface area contributed by atoms with Gasteiger partial charge in [0.05, 0.1) is 13.7 Å². The van der Waals surface area contributed by atoms with Crippen molar-refractivity contribution in [2.75, 3.05) is 46.9 Å². The van der Waals surface area contributed by atoms with Crippen LogP contribution >= 0.6 is 0 Å². The molecular formula is C34H47N5O5. The van der Waals surface area contributed by atoms with E-state index in [1.165, 1.54) is 10.5 Å². The Morgan fingerprint density at radius 2 is 1.80 bits per heavy atom. The zero-order chi connectivity index (χ0) is 31.3. The highest BCUT2D eigenvalue weighted by Gasteiger charge is 2.32. The van der Waals surface area contributed by atoms with Gasteiger partial charge in [-0.2, -0.15) is 0 Å². The number of nitrogens with zero attached hydrogens (tertiary/aromatic N) is 2. The first-order valence-corrected chi connectivity index (χ1v) is 15.8. The fourth-order valence-corrected chi connectivity index (χ4v) is 6.21. The van der Waals surface area contributed by atoms with Gasteiger partial charge >= 0.3 is 0 Å². The molecule has 2 heterocycles. The monoisotopic (exact) mass is 605 g/mol. The van der Waals surface area contributed by atoms with Crippen molar-refractivity contribution in [3.63, 3.8) is 0 Å². The molecule has 2 aliphatic rings. The maximum absolute atomic E-state index is 13.2. The Kier molecular flexibility index (Phi) is 12.6. The highest BCUT2D eigenvalue weighted by molar-refractivity contribution is 5.94. The molecule has 2 aromatic rings. The lowest BCUT2D eigenvalue weighted by atomic mass is 9.80. The van der Waals surface area contributed by atoms with Gasteiger partial charge in [0.25, 0.3) is 5.91 Å². The van der Waals surface area contributed by atoms with E-state index in [0.717, 1.165) is 51.1 Å². The molecule has 2 saturated heterocycles. The van der Waals surface area contributed by atoms with Crippen LogP contribution in [0.4, 0.5) is 0 Å². The number of amides is 4. The maximum Gasteiger partial charge on any atom is 0.251 e. The van der Waals surface area contributed by atoms with Gasteiger partial charge in [0.2, 0.25) is 17.7 Å². The van der Waals surface area contributed by atoms with E-state index >= 15 is 0 Å². The molecule has 10 heteroatoms. The van der Waals surface area contributed by atoms with E-state index in [4.69, 9.17) is 4.74 Å². The number of piperidine rings is 1. The van der Waals surface area contributed by atoms with Gasteiger partial charge in [0, 0.05) is 57.7 Å².